The lowest BCUT2D eigenvalue weighted by atomic mass is 10.2. The molecule has 0 aromatic carbocycles. The number of alkyl halides is 1. The Hall–Kier alpha value is -0.100. The van der Waals surface area contributed by atoms with E-state index in [-0.39, 0.29) is 43.9 Å². The number of hydrogen-bond donors (Lipinski definition) is 2. The van der Waals surface area contributed by atoms with Crippen LogP contribution in [-0.4, -0.2) is 42.7 Å². The molecule has 1 heterocycles. The second kappa shape index (κ2) is 7.23. The lowest BCUT2D eigenvalue weighted by Gasteiger charge is -2.20. The lowest BCUT2D eigenvalue weighted by molar-refractivity contribution is -0.119. The minimum absolute atomic E-state index is 0. The maximum atomic E-state index is 12.8. The van der Waals surface area contributed by atoms with Crippen molar-refractivity contribution in [1.29, 1.82) is 0 Å². The first-order valence-electron chi connectivity index (χ1n) is 4.00. The zero-order valence-corrected chi connectivity index (χ0v) is 9.32. The van der Waals surface area contributed by atoms with E-state index >= 15 is 0 Å². The highest BCUT2D eigenvalue weighted by Gasteiger charge is 2.31. The van der Waals surface area contributed by atoms with E-state index in [0.29, 0.717) is 13.0 Å². The number of carbonyl (C=O) groups is 1. The molecule has 1 aliphatic rings. The van der Waals surface area contributed by atoms with Crippen LogP contribution in [0, 0.1) is 0 Å². The quantitative estimate of drug-likeness (QED) is 0.719. The van der Waals surface area contributed by atoms with Crippen LogP contribution in [0.2, 0.25) is 0 Å². The Morgan fingerprint density at radius 2 is 2.07 bits per heavy atom. The predicted octanol–water partition coefficient (Wildman–Crippen LogP) is -0.314. The minimum atomic E-state index is -0.863. The summed E-state index contributed by atoms with van der Waals surface area (Å²) in [6, 6.07) is -0.0208. The third-order valence-electron chi connectivity index (χ3n) is 2.11. The van der Waals surface area contributed by atoms with Crippen LogP contribution in [0.3, 0.4) is 0 Å². The van der Waals surface area contributed by atoms with Crippen molar-refractivity contribution in [2.75, 3.05) is 19.6 Å². The molecule has 7 heteroatoms. The van der Waals surface area contributed by atoms with Crippen molar-refractivity contribution in [3.8, 4) is 0 Å². The highest BCUT2D eigenvalue weighted by atomic mass is 35.5. The van der Waals surface area contributed by atoms with Crippen LogP contribution in [0.1, 0.15) is 6.42 Å². The van der Waals surface area contributed by atoms with Crippen LogP contribution in [0.5, 0.6) is 0 Å². The molecule has 4 N–H and O–H groups in total. The molecule has 0 radical (unpaired) electrons. The molecular weight excluding hydrogens is 232 g/mol. The predicted molar refractivity (Wildman–Crippen MR) is 57.6 cm³/mol. The third kappa shape index (κ3) is 4.41. The normalized spacial score (nSPS) is 26.4. The largest absolute Gasteiger partial charge is 0.369 e. The molecule has 2 unspecified atom stereocenters. The van der Waals surface area contributed by atoms with Gasteiger partial charge in [-0.05, 0) is 6.42 Å². The van der Waals surface area contributed by atoms with Gasteiger partial charge in [-0.15, -0.1) is 24.8 Å². The molecule has 14 heavy (non-hydrogen) atoms. The summed E-state index contributed by atoms with van der Waals surface area (Å²) >= 11 is 0. The molecule has 1 aliphatic heterocycles. The monoisotopic (exact) mass is 247 g/mol. The Kier molecular flexibility index (Phi) is 8.43. The van der Waals surface area contributed by atoms with Gasteiger partial charge in [-0.1, -0.05) is 0 Å². The molecule has 0 aromatic heterocycles. The number of amides is 1. The molecule has 2 atom stereocenters. The maximum absolute atomic E-state index is 12.8. The summed E-state index contributed by atoms with van der Waals surface area (Å²) in [6.07, 6.45) is -0.443. The van der Waals surface area contributed by atoms with E-state index in [0.717, 1.165) is 0 Å². The van der Waals surface area contributed by atoms with Crippen LogP contribution in [0.25, 0.3) is 0 Å². The van der Waals surface area contributed by atoms with Gasteiger partial charge >= 0.3 is 0 Å². The molecule has 0 aliphatic carbocycles. The first-order chi connectivity index (χ1) is 5.63. The summed E-state index contributed by atoms with van der Waals surface area (Å²) in [5.74, 6) is -0.428. The minimum Gasteiger partial charge on any atom is -0.369 e. The fourth-order valence-electron chi connectivity index (χ4n) is 1.56. The fraction of sp³-hybridized carbons (Fsp3) is 0.857. The average molecular weight is 248 g/mol. The number of likely N-dealkylation sites (tertiary alicyclic amines) is 1. The number of nitrogens with zero attached hydrogens (tertiary/aromatic N) is 1. The zero-order chi connectivity index (χ0) is 9.14. The molecule has 1 saturated heterocycles. The van der Waals surface area contributed by atoms with E-state index in [1.54, 1.807) is 4.90 Å². The van der Waals surface area contributed by atoms with Gasteiger partial charge in [0.2, 0.25) is 5.91 Å². The zero-order valence-electron chi connectivity index (χ0n) is 7.69. The molecular formula is C7H16Cl2FN3O. The summed E-state index contributed by atoms with van der Waals surface area (Å²) < 4.78 is 12.8. The lowest BCUT2D eigenvalue weighted by Crippen LogP contribution is -2.40. The van der Waals surface area contributed by atoms with Crippen LogP contribution in [-0.2, 0) is 4.79 Å². The standard InChI is InChI=1S/C7H14FN3O.2ClH/c8-5-1-6(2-9)11(3-5)4-7(10)12;;/h5-6H,1-4,9H2,(H2,10,12);2*1H. The topological polar surface area (TPSA) is 72.3 Å². The molecule has 1 fully saturated rings. The van der Waals surface area contributed by atoms with Crippen LogP contribution in [0.4, 0.5) is 4.39 Å². The second-order valence-electron chi connectivity index (χ2n) is 3.12. The highest BCUT2D eigenvalue weighted by Crippen LogP contribution is 2.18. The smallest absolute Gasteiger partial charge is 0.231 e. The van der Waals surface area contributed by atoms with E-state index in [1.165, 1.54) is 0 Å². The van der Waals surface area contributed by atoms with Gasteiger partial charge in [0.25, 0.3) is 0 Å². The van der Waals surface area contributed by atoms with E-state index in [1.807, 2.05) is 0 Å². The van der Waals surface area contributed by atoms with Gasteiger partial charge in [0.1, 0.15) is 6.17 Å². The van der Waals surface area contributed by atoms with E-state index < -0.39 is 12.1 Å². The van der Waals surface area contributed by atoms with Crippen LogP contribution < -0.4 is 11.5 Å². The molecule has 0 saturated carbocycles. The van der Waals surface area contributed by atoms with E-state index in [4.69, 9.17) is 11.5 Å². The van der Waals surface area contributed by atoms with Crippen molar-refractivity contribution in [2.45, 2.75) is 18.6 Å². The van der Waals surface area contributed by atoms with E-state index in [9.17, 15) is 9.18 Å². The molecule has 0 bridgehead atoms. The first-order valence-corrected chi connectivity index (χ1v) is 4.00. The van der Waals surface area contributed by atoms with Gasteiger partial charge in [0, 0.05) is 19.1 Å². The van der Waals surface area contributed by atoms with Crippen molar-refractivity contribution in [2.24, 2.45) is 11.5 Å². The van der Waals surface area contributed by atoms with Gasteiger partial charge in [0.15, 0.2) is 0 Å². The number of primary amides is 1. The van der Waals surface area contributed by atoms with Gasteiger partial charge in [-0.2, -0.15) is 0 Å². The van der Waals surface area contributed by atoms with E-state index in [2.05, 4.69) is 0 Å². The third-order valence-corrected chi connectivity index (χ3v) is 2.11. The van der Waals surface area contributed by atoms with Gasteiger partial charge < -0.3 is 11.5 Å². The number of nitrogens with two attached hydrogens (primary N) is 2. The SMILES string of the molecule is Cl.Cl.NCC1CC(F)CN1CC(N)=O. The average Bonchev–Trinajstić information content (AvgIpc) is 2.29. The van der Waals surface area contributed by atoms with Crippen LogP contribution >= 0.6 is 24.8 Å². The van der Waals surface area contributed by atoms with Crippen molar-refractivity contribution in [3.05, 3.63) is 0 Å². The van der Waals surface area contributed by atoms with Crippen molar-refractivity contribution >= 4 is 30.7 Å². The van der Waals surface area contributed by atoms with Crippen molar-refractivity contribution in [1.82, 2.24) is 4.90 Å². The Balaban J connectivity index is 0. The molecule has 86 valence electrons. The molecule has 0 spiro atoms. The first kappa shape index (κ1) is 16.3. The van der Waals surface area contributed by atoms with Gasteiger partial charge in [-0.3, -0.25) is 9.69 Å². The number of rotatable bonds is 3. The molecule has 0 aromatic rings. The highest BCUT2D eigenvalue weighted by molar-refractivity contribution is 5.85. The second-order valence-corrected chi connectivity index (χ2v) is 3.12. The van der Waals surface area contributed by atoms with Crippen molar-refractivity contribution < 1.29 is 9.18 Å². The summed E-state index contributed by atoms with van der Waals surface area (Å²) in [5, 5.41) is 0. The number of carbonyl (C=O) groups excluding carboxylic acids is 1. The van der Waals surface area contributed by atoms with Gasteiger partial charge in [0.05, 0.1) is 6.54 Å². The summed E-state index contributed by atoms with van der Waals surface area (Å²) in [5.41, 5.74) is 10.4. The fourth-order valence-corrected chi connectivity index (χ4v) is 1.56. The Labute approximate surface area is 95.0 Å². The number of halogens is 3. The summed E-state index contributed by atoms with van der Waals surface area (Å²) in [7, 11) is 0. The molecule has 4 nitrogen and oxygen atoms in total. The van der Waals surface area contributed by atoms with Crippen LogP contribution in [0.15, 0.2) is 0 Å². The molecule has 1 amide bonds. The number of hydrogen-bond acceptors (Lipinski definition) is 3. The maximum Gasteiger partial charge on any atom is 0.231 e. The Morgan fingerprint density at radius 3 is 2.50 bits per heavy atom. The Morgan fingerprint density at radius 1 is 1.50 bits per heavy atom. The molecule has 1 rings (SSSR count). The Bertz CT molecular complexity index is 184. The van der Waals surface area contributed by atoms with Crippen molar-refractivity contribution in [3.63, 3.8) is 0 Å². The van der Waals surface area contributed by atoms with Gasteiger partial charge in [-0.25, -0.2) is 4.39 Å². The summed E-state index contributed by atoms with van der Waals surface area (Å²) in [4.78, 5) is 12.2. The summed E-state index contributed by atoms with van der Waals surface area (Å²) in [6.45, 7) is 0.779.